The molecular formula is C15H12ClNO4. The number of halogens is 1. The number of amides is 1. The molecule has 0 aliphatic rings. The third-order valence-corrected chi connectivity index (χ3v) is 3.07. The van der Waals surface area contributed by atoms with Crippen LogP contribution >= 0.6 is 11.6 Å². The fourth-order valence-electron chi connectivity index (χ4n) is 1.80. The Balaban J connectivity index is 2.23. The van der Waals surface area contributed by atoms with Crippen molar-refractivity contribution in [2.75, 3.05) is 6.54 Å². The van der Waals surface area contributed by atoms with Crippen molar-refractivity contribution in [3.63, 3.8) is 0 Å². The van der Waals surface area contributed by atoms with Crippen molar-refractivity contribution < 1.29 is 19.8 Å². The van der Waals surface area contributed by atoms with E-state index in [-0.39, 0.29) is 11.3 Å². The average Bonchev–Trinajstić information content (AvgIpc) is 2.45. The lowest BCUT2D eigenvalue weighted by atomic mass is 10.0. The molecule has 2 aromatic carbocycles. The normalized spacial score (nSPS) is 10.1. The maximum absolute atomic E-state index is 11.7. The molecule has 0 bridgehead atoms. The van der Waals surface area contributed by atoms with E-state index in [2.05, 4.69) is 5.32 Å². The van der Waals surface area contributed by atoms with Gasteiger partial charge in [0, 0.05) is 5.02 Å². The van der Waals surface area contributed by atoms with Crippen LogP contribution in [0.1, 0.15) is 10.4 Å². The number of phenols is 1. The zero-order valence-corrected chi connectivity index (χ0v) is 11.6. The molecule has 0 saturated carbocycles. The lowest BCUT2D eigenvalue weighted by molar-refractivity contribution is -0.135. The molecule has 5 nitrogen and oxygen atoms in total. The highest BCUT2D eigenvalue weighted by atomic mass is 35.5. The van der Waals surface area contributed by atoms with E-state index >= 15 is 0 Å². The van der Waals surface area contributed by atoms with Crippen molar-refractivity contribution in [1.82, 2.24) is 5.32 Å². The highest BCUT2D eigenvalue weighted by molar-refractivity contribution is 6.30. The summed E-state index contributed by atoms with van der Waals surface area (Å²) in [6, 6.07) is 11.6. The minimum absolute atomic E-state index is 0.0222. The van der Waals surface area contributed by atoms with Crippen LogP contribution in [-0.4, -0.2) is 28.6 Å². The third kappa shape index (κ3) is 3.73. The first-order valence-electron chi connectivity index (χ1n) is 6.06. The molecule has 1 amide bonds. The third-order valence-electron chi connectivity index (χ3n) is 2.82. The van der Waals surface area contributed by atoms with Gasteiger partial charge in [-0.05, 0) is 35.4 Å². The topological polar surface area (TPSA) is 86.6 Å². The second-order valence-electron chi connectivity index (χ2n) is 4.32. The zero-order valence-electron chi connectivity index (χ0n) is 10.8. The lowest BCUT2D eigenvalue weighted by Gasteiger charge is -2.08. The molecule has 0 aliphatic heterocycles. The number of aromatic hydroxyl groups is 1. The van der Waals surface area contributed by atoms with Gasteiger partial charge in [0.1, 0.15) is 12.3 Å². The van der Waals surface area contributed by atoms with Crippen molar-refractivity contribution >= 4 is 23.5 Å². The largest absolute Gasteiger partial charge is 0.507 e. The predicted molar refractivity (Wildman–Crippen MR) is 78.5 cm³/mol. The van der Waals surface area contributed by atoms with Crippen LogP contribution in [0.5, 0.6) is 5.75 Å². The van der Waals surface area contributed by atoms with Crippen LogP contribution in [0.4, 0.5) is 0 Å². The zero-order chi connectivity index (χ0) is 15.4. The maximum Gasteiger partial charge on any atom is 0.322 e. The Kier molecular flexibility index (Phi) is 4.45. The van der Waals surface area contributed by atoms with E-state index in [4.69, 9.17) is 16.7 Å². The number of hydrogen-bond acceptors (Lipinski definition) is 3. The van der Waals surface area contributed by atoms with E-state index in [1.54, 1.807) is 30.3 Å². The highest BCUT2D eigenvalue weighted by Gasteiger charge is 2.13. The summed E-state index contributed by atoms with van der Waals surface area (Å²) in [7, 11) is 0. The van der Waals surface area contributed by atoms with E-state index in [1.807, 2.05) is 0 Å². The number of phenolic OH excluding ortho intramolecular Hbond substituents is 1. The van der Waals surface area contributed by atoms with Gasteiger partial charge in [-0.1, -0.05) is 29.8 Å². The number of aliphatic carboxylic acids is 1. The van der Waals surface area contributed by atoms with Crippen molar-refractivity contribution in [3.8, 4) is 16.9 Å². The van der Waals surface area contributed by atoms with E-state index < -0.39 is 18.4 Å². The molecule has 3 N–H and O–H groups in total. The van der Waals surface area contributed by atoms with Gasteiger partial charge in [-0.3, -0.25) is 9.59 Å². The van der Waals surface area contributed by atoms with Crippen molar-refractivity contribution in [2.24, 2.45) is 0 Å². The Morgan fingerprint density at radius 2 is 1.67 bits per heavy atom. The fraction of sp³-hybridized carbons (Fsp3) is 0.0667. The van der Waals surface area contributed by atoms with Gasteiger partial charge in [0.2, 0.25) is 0 Å². The molecule has 2 aromatic rings. The van der Waals surface area contributed by atoms with Crippen LogP contribution in [-0.2, 0) is 4.79 Å². The Labute approximate surface area is 125 Å². The molecule has 6 heteroatoms. The van der Waals surface area contributed by atoms with Crippen molar-refractivity contribution in [3.05, 3.63) is 53.1 Å². The predicted octanol–water partition coefficient (Wildman–Crippen LogP) is 2.53. The molecule has 108 valence electrons. The molecule has 0 heterocycles. The Morgan fingerprint density at radius 3 is 2.24 bits per heavy atom. The summed E-state index contributed by atoms with van der Waals surface area (Å²) in [5.41, 5.74) is 1.58. The molecule has 0 saturated heterocycles. The van der Waals surface area contributed by atoms with Crippen molar-refractivity contribution in [1.29, 1.82) is 0 Å². The van der Waals surface area contributed by atoms with Crippen molar-refractivity contribution in [2.45, 2.75) is 0 Å². The second kappa shape index (κ2) is 6.28. The summed E-state index contributed by atoms with van der Waals surface area (Å²) < 4.78 is 0. The summed E-state index contributed by atoms with van der Waals surface area (Å²) in [6.07, 6.45) is 0. The summed E-state index contributed by atoms with van der Waals surface area (Å²) >= 11 is 5.81. The van der Waals surface area contributed by atoms with Gasteiger partial charge in [0.25, 0.3) is 5.91 Å². The first-order chi connectivity index (χ1) is 9.97. The van der Waals surface area contributed by atoms with Gasteiger partial charge < -0.3 is 15.5 Å². The number of hydrogen-bond donors (Lipinski definition) is 3. The number of benzene rings is 2. The number of rotatable bonds is 4. The maximum atomic E-state index is 11.7. The fourth-order valence-corrected chi connectivity index (χ4v) is 1.92. The Bertz CT molecular complexity index is 683. The van der Waals surface area contributed by atoms with Crippen LogP contribution in [0.15, 0.2) is 42.5 Å². The molecule has 0 unspecified atom stereocenters. The number of carboxylic acid groups (broad SMARTS) is 1. The summed E-state index contributed by atoms with van der Waals surface area (Å²) in [5.74, 6) is -2.01. The molecule has 0 fully saturated rings. The van der Waals surface area contributed by atoms with Gasteiger partial charge in [-0.25, -0.2) is 0 Å². The van der Waals surface area contributed by atoms with Gasteiger partial charge in [0.05, 0.1) is 5.56 Å². The molecule has 0 aromatic heterocycles. The van der Waals surface area contributed by atoms with Gasteiger partial charge in [-0.15, -0.1) is 0 Å². The van der Waals surface area contributed by atoms with E-state index in [9.17, 15) is 14.7 Å². The quantitative estimate of drug-likeness (QED) is 0.810. The first-order valence-corrected chi connectivity index (χ1v) is 6.44. The Hall–Kier alpha value is -2.53. The number of carbonyl (C=O) groups is 2. The number of nitrogens with one attached hydrogen (secondary N) is 1. The summed E-state index contributed by atoms with van der Waals surface area (Å²) in [4.78, 5) is 22.1. The SMILES string of the molecule is O=C(O)CNC(=O)c1ccc(-c2ccc(Cl)cc2)cc1O. The molecule has 0 radical (unpaired) electrons. The average molecular weight is 306 g/mol. The van der Waals surface area contributed by atoms with Crippen LogP contribution in [0.25, 0.3) is 11.1 Å². The van der Waals surface area contributed by atoms with Crippen LogP contribution in [0.2, 0.25) is 5.02 Å². The van der Waals surface area contributed by atoms with E-state index in [0.29, 0.717) is 5.02 Å². The molecule has 0 aliphatic carbocycles. The van der Waals surface area contributed by atoms with Crippen LogP contribution in [0, 0.1) is 0 Å². The minimum atomic E-state index is -1.15. The smallest absolute Gasteiger partial charge is 0.322 e. The monoisotopic (exact) mass is 305 g/mol. The van der Waals surface area contributed by atoms with Gasteiger partial charge in [-0.2, -0.15) is 0 Å². The Morgan fingerprint density at radius 1 is 1.05 bits per heavy atom. The summed E-state index contributed by atoms with van der Waals surface area (Å²) in [5, 5.41) is 21.2. The molecular weight excluding hydrogens is 294 g/mol. The van der Waals surface area contributed by atoms with Gasteiger partial charge >= 0.3 is 5.97 Å². The van der Waals surface area contributed by atoms with Crippen LogP contribution < -0.4 is 5.32 Å². The van der Waals surface area contributed by atoms with Crippen LogP contribution in [0.3, 0.4) is 0 Å². The number of carbonyl (C=O) groups excluding carboxylic acids is 1. The minimum Gasteiger partial charge on any atom is -0.507 e. The first kappa shape index (κ1) is 14.9. The second-order valence-corrected chi connectivity index (χ2v) is 4.75. The highest BCUT2D eigenvalue weighted by Crippen LogP contribution is 2.27. The standard InChI is InChI=1S/C15H12ClNO4/c16-11-4-1-9(2-5-11)10-3-6-12(13(18)7-10)15(21)17-8-14(19)20/h1-7,18H,8H2,(H,17,21)(H,19,20). The molecule has 21 heavy (non-hydrogen) atoms. The summed E-state index contributed by atoms with van der Waals surface area (Å²) in [6.45, 7) is -0.503. The molecule has 2 rings (SSSR count). The molecule has 0 spiro atoms. The molecule has 0 atom stereocenters. The van der Waals surface area contributed by atoms with E-state index in [1.165, 1.54) is 12.1 Å². The number of carboxylic acids is 1. The van der Waals surface area contributed by atoms with Gasteiger partial charge in [0.15, 0.2) is 0 Å². The van der Waals surface area contributed by atoms with E-state index in [0.717, 1.165) is 11.1 Å². The lowest BCUT2D eigenvalue weighted by Crippen LogP contribution is -2.29.